The van der Waals surface area contributed by atoms with Gasteiger partial charge in [0.25, 0.3) is 5.91 Å². The predicted molar refractivity (Wildman–Crippen MR) is 214 cm³/mol. The van der Waals surface area contributed by atoms with Gasteiger partial charge < -0.3 is 35.8 Å². The number of sulfonamides is 1. The summed E-state index contributed by atoms with van der Waals surface area (Å²) < 4.78 is 40.7. The van der Waals surface area contributed by atoms with Crippen molar-refractivity contribution in [2.75, 3.05) is 49.7 Å². The third-order valence-corrected chi connectivity index (χ3v) is 11.6. The summed E-state index contributed by atoms with van der Waals surface area (Å²) in [7, 11) is -2.27. The van der Waals surface area contributed by atoms with Crippen LogP contribution in [0.1, 0.15) is 82.5 Å². The lowest BCUT2D eigenvalue weighted by Crippen LogP contribution is -2.48. The number of ether oxygens (including phenoxy) is 2. The highest BCUT2D eigenvalue weighted by atomic mass is 32.2. The summed E-state index contributed by atoms with van der Waals surface area (Å²) in [6.07, 6.45) is 3.81. The first-order valence-electron chi connectivity index (χ1n) is 19.1. The van der Waals surface area contributed by atoms with Crippen molar-refractivity contribution < 1.29 is 37.4 Å². The van der Waals surface area contributed by atoms with E-state index in [9.17, 15) is 27.9 Å². The number of nitrogens with zero attached hydrogens (tertiary/aromatic N) is 2. The zero-order valence-electron chi connectivity index (χ0n) is 32.4. The number of carbonyl (C=O) groups is 3. The number of nitrogens with two attached hydrogens (primary N) is 1. The molecular weight excluding hydrogens is 723 g/mol. The summed E-state index contributed by atoms with van der Waals surface area (Å²) >= 11 is 0. The van der Waals surface area contributed by atoms with Gasteiger partial charge in [-0.05, 0) is 88.4 Å². The zero-order valence-corrected chi connectivity index (χ0v) is 33.2. The molecule has 0 saturated carbocycles. The highest BCUT2D eigenvalue weighted by Gasteiger charge is 2.32. The number of nitrogen functional groups attached to an aromatic ring is 1. The quantitative estimate of drug-likeness (QED) is 0.114. The third-order valence-electron chi connectivity index (χ3n) is 9.77. The molecule has 55 heavy (non-hydrogen) atoms. The van der Waals surface area contributed by atoms with E-state index < -0.39 is 28.1 Å². The Kier molecular flexibility index (Phi) is 16.5. The van der Waals surface area contributed by atoms with Crippen LogP contribution in [-0.4, -0.2) is 92.1 Å². The maximum Gasteiger partial charge on any atom is 0.258 e. The first-order valence-corrected chi connectivity index (χ1v) is 20.5. The maximum atomic E-state index is 14.4. The molecule has 1 aliphatic rings. The van der Waals surface area contributed by atoms with Crippen molar-refractivity contribution in [3.63, 3.8) is 0 Å². The fourth-order valence-corrected chi connectivity index (χ4v) is 7.59. The number of aliphatic hydroxyl groups excluding tert-OH is 1. The Labute approximate surface area is 325 Å². The molecule has 14 heteroatoms. The lowest BCUT2D eigenvalue weighted by atomic mass is 10.0. The van der Waals surface area contributed by atoms with E-state index in [0.29, 0.717) is 61.5 Å². The molecule has 0 radical (unpaired) electrons. The average Bonchev–Trinajstić information content (AvgIpc) is 3.16. The van der Waals surface area contributed by atoms with Crippen molar-refractivity contribution in [1.82, 2.24) is 9.21 Å². The molecule has 5 N–H and O–H groups in total. The van der Waals surface area contributed by atoms with Crippen LogP contribution in [0.25, 0.3) is 0 Å². The van der Waals surface area contributed by atoms with Gasteiger partial charge in [0.05, 0.1) is 46.7 Å². The highest BCUT2D eigenvalue weighted by Crippen LogP contribution is 2.29. The molecule has 0 aromatic heterocycles. The molecule has 1 heterocycles. The van der Waals surface area contributed by atoms with E-state index in [0.717, 1.165) is 12.8 Å². The molecular formula is C41H57N5O8S. The molecule has 0 fully saturated rings. The number of benzene rings is 3. The van der Waals surface area contributed by atoms with Crippen LogP contribution in [0.2, 0.25) is 0 Å². The number of aliphatic hydroxyl groups is 1. The summed E-state index contributed by atoms with van der Waals surface area (Å²) in [6, 6.07) is 19.7. The van der Waals surface area contributed by atoms with E-state index in [1.54, 1.807) is 84.6 Å². The fraction of sp³-hybridized carbons (Fsp3) is 0.488. The summed E-state index contributed by atoms with van der Waals surface area (Å²) in [5.41, 5.74) is 7.64. The number of fused-ring (bicyclic) bond motifs is 1. The molecule has 1 aliphatic heterocycles. The number of rotatable bonds is 14. The van der Waals surface area contributed by atoms with Gasteiger partial charge in [0.1, 0.15) is 5.75 Å². The van der Waals surface area contributed by atoms with Crippen molar-refractivity contribution in [2.45, 2.75) is 95.3 Å². The third kappa shape index (κ3) is 12.8. The molecule has 3 aromatic rings. The Morgan fingerprint density at radius 3 is 2.33 bits per heavy atom. The molecule has 4 rings (SSSR count). The molecule has 0 unspecified atom stereocenters. The van der Waals surface area contributed by atoms with Crippen LogP contribution < -0.4 is 21.1 Å². The minimum Gasteiger partial charge on any atom is -0.490 e. The first kappa shape index (κ1) is 43.2. The van der Waals surface area contributed by atoms with Gasteiger partial charge in [-0.1, -0.05) is 43.7 Å². The molecule has 13 nitrogen and oxygen atoms in total. The number of likely N-dealkylation sites (N-methyl/N-ethyl adjacent to an activating group) is 1. The van der Waals surface area contributed by atoms with E-state index in [2.05, 4.69) is 10.6 Å². The van der Waals surface area contributed by atoms with Crippen LogP contribution in [0, 0.1) is 5.92 Å². The normalized spacial score (nSPS) is 19.1. The van der Waals surface area contributed by atoms with Gasteiger partial charge >= 0.3 is 0 Å². The Morgan fingerprint density at radius 2 is 1.64 bits per heavy atom. The van der Waals surface area contributed by atoms with E-state index in [1.165, 1.54) is 11.4 Å². The number of hydrogen-bond acceptors (Lipinski definition) is 9. The molecule has 3 amide bonds. The second-order valence-electron chi connectivity index (χ2n) is 14.4. The van der Waals surface area contributed by atoms with Gasteiger partial charge in [-0.15, -0.1) is 0 Å². The summed E-state index contributed by atoms with van der Waals surface area (Å²) in [5.74, 6) is -0.731. The van der Waals surface area contributed by atoms with Crippen molar-refractivity contribution in [1.29, 1.82) is 0 Å². The van der Waals surface area contributed by atoms with Gasteiger partial charge in [0.15, 0.2) is 0 Å². The van der Waals surface area contributed by atoms with E-state index >= 15 is 0 Å². The number of amides is 3. The standard InChI is InChI=1S/C41H57N5O8S/c1-29-26-46(30(2)28-47)41(50)34-25-32(43-39(48)20-9-6-10-21-40(49)44-36-19-12-11-18-35(36)42)22-23-37(34)54-31(3)15-13-14-24-53-38(29)27-45(4)55(51,52)33-16-7-5-8-17-33/h5,7-8,11-12,16-19,22-23,25,29-31,38,47H,6,9-10,13-15,20-21,24,26-28,42H2,1-4H3,(H,43,48)(H,44,49)/t29-,30+,31+,38+/m0/s1. The highest BCUT2D eigenvalue weighted by molar-refractivity contribution is 7.89. The fourth-order valence-electron chi connectivity index (χ4n) is 6.38. The van der Waals surface area contributed by atoms with Crippen molar-refractivity contribution in [3.8, 4) is 5.75 Å². The van der Waals surface area contributed by atoms with Crippen molar-refractivity contribution in [2.24, 2.45) is 5.92 Å². The van der Waals surface area contributed by atoms with Gasteiger partial charge in [-0.3, -0.25) is 14.4 Å². The Bertz CT molecular complexity index is 1830. The summed E-state index contributed by atoms with van der Waals surface area (Å²) in [4.78, 5) is 41.5. The van der Waals surface area contributed by atoms with Crippen molar-refractivity contribution in [3.05, 3.63) is 78.4 Å². The topological polar surface area (TPSA) is 181 Å². The van der Waals surface area contributed by atoms with Crippen LogP contribution in [0.15, 0.2) is 77.7 Å². The van der Waals surface area contributed by atoms with Crippen molar-refractivity contribution >= 4 is 44.8 Å². The number of nitrogens with one attached hydrogen (secondary N) is 2. The number of hydrogen-bond donors (Lipinski definition) is 4. The van der Waals surface area contributed by atoms with Gasteiger partial charge in [0.2, 0.25) is 21.8 Å². The number of para-hydroxylation sites is 2. The van der Waals surface area contributed by atoms with E-state index in [-0.39, 0.29) is 60.4 Å². The Balaban J connectivity index is 1.45. The van der Waals surface area contributed by atoms with Crippen LogP contribution in [-0.2, 0) is 24.3 Å². The Hall–Kier alpha value is -4.50. The number of unbranched alkanes of at least 4 members (excludes halogenated alkanes) is 2. The minimum atomic E-state index is -3.79. The zero-order chi connectivity index (χ0) is 40.0. The monoisotopic (exact) mass is 779 g/mol. The van der Waals surface area contributed by atoms with E-state index in [1.807, 2.05) is 13.8 Å². The minimum absolute atomic E-state index is 0.0657. The van der Waals surface area contributed by atoms with E-state index in [4.69, 9.17) is 15.2 Å². The Morgan fingerprint density at radius 1 is 0.964 bits per heavy atom. The molecule has 4 atom stereocenters. The van der Waals surface area contributed by atoms with Crippen LogP contribution in [0.5, 0.6) is 5.75 Å². The second-order valence-corrected chi connectivity index (χ2v) is 16.4. The van der Waals surface area contributed by atoms with Crippen LogP contribution in [0.4, 0.5) is 17.1 Å². The lowest BCUT2D eigenvalue weighted by molar-refractivity contribution is -0.116. The maximum absolute atomic E-state index is 14.4. The number of carbonyl (C=O) groups excluding carboxylic acids is 3. The molecule has 3 aromatic carbocycles. The average molecular weight is 780 g/mol. The molecule has 0 aliphatic carbocycles. The lowest BCUT2D eigenvalue weighted by Gasteiger charge is -2.35. The summed E-state index contributed by atoms with van der Waals surface area (Å²) in [5, 5.41) is 16.0. The van der Waals surface area contributed by atoms with Gasteiger partial charge in [-0.25, -0.2) is 8.42 Å². The SMILES string of the molecule is C[C@@H]1CCCCO[C@H](CN(C)S(=O)(=O)c2ccccc2)[C@@H](C)CN([C@H](C)CO)C(=O)c2cc(NC(=O)CCCCCC(=O)Nc3ccccc3N)ccc2O1. The molecule has 0 spiro atoms. The van der Waals surface area contributed by atoms with Gasteiger partial charge in [-0.2, -0.15) is 4.31 Å². The second kappa shape index (κ2) is 21.0. The van der Waals surface area contributed by atoms with Gasteiger partial charge in [0, 0.05) is 51.2 Å². The van der Waals surface area contributed by atoms with Crippen LogP contribution in [0.3, 0.4) is 0 Å². The summed E-state index contributed by atoms with van der Waals surface area (Å²) in [6.45, 7) is 5.90. The van der Waals surface area contributed by atoms with Crippen LogP contribution >= 0.6 is 0 Å². The molecule has 0 saturated heterocycles. The number of anilines is 3. The largest absolute Gasteiger partial charge is 0.490 e. The molecule has 300 valence electrons. The predicted octanol–water partition coefficient (Wildman–Crippen LogP) is 5.91. The smallest absolute Gasteiger partial charge is 0.258 e. The molecule has 0 bridgehead atoms. The first-order chi connectivity index (χ1) is 26.3.